The second kappa shape index (κ2) is 15.5. The number of rotatable bonds is 16. The van der Waals surface area contributed by atoms with Crippen molar-refractivity contribution in [2.75, 3.05) is 23.7 Å². The number of amides is 1. The van der Waals surface area contributed by atoms with E-state index in [1.807, 2.05) is 42.5 Å². The number of para-hydroxylation sites is 1. The van der Waals surface area contributed by atoms with Crippen molar-refractivity contribution in [1.29, 1.82) is 0 Å². The monoisotopic (exact) mass is 713 g/mol. The van der Waals surface area contributed by atoms with Gasteiger partial charge in [0.25, 0.3) is 20.2 Å². The molecule has 0 saturated heterocycles. The Balaban J connectivity index is 1.66. The van der Waals surface area contributed by atoms with Gasteiger partial charge in [-0.2, -0.15) is 21.4 Å². The van der Waals surface area contributed by atoms with Crippen LogP contribution in [0.3, 0.4) is 0 Å². The largest absolute Gasteiger partial charge is 0.344 e. The van der Waals surface area contributed by atoms with E-state index in [1.165, 1.54) is 6.07 Å². The summed E-state index contributed by atoms with van der Waals surface area (Å²) in [5.74, 6) is 4.69. The van der Waals surface area contributed by atoms with Crippen LogP contribution < -0.4 is 16.2 Å². The van der Waals surface area contributed by atoms with Crippen LogP contribution in [0.15, 0.2) is 83.4 Å². The maximum atomic E-state index is 12.1. The highest BCUT2D eigenvalue weighted by Crippen LogP contribution is 2.48. The fraction of sp³-hybridized carbons (Fsp3) is 0.444. The van der Waals surface area contributed by atoms with E-state index >= 15 is 0 Å². The topological polar surface area (TPSA) is 170 Å². The lowest BCUT2D eigenvalue weighted by Gasteiger charge is -2.27. The number of anilines is 1. The quantitative estimate of drug-likeness (QED) is 0.0324. The van der Waals surface area contributed by atoms with Crippen LogP contribution in [0.1, 0.15) is 83.8 Å². The van der Waals surface area contributed by atoms with Gasteiger partial charge in [-0.3, -0.25) is 19.3 Å². The number of benzene rings is 2. The summed E-state index contributed by atoms with van der Waals surface area (Å²) in [7, 11) is -8.48. The highest BCUT2D eigenvalue weighted by molar-refractivity contribution is 7.86. The first-order valence-electron chi connectivity index (χ1n) is 16.7. The minimum absolute atomic E-state index is 0.147. The second-order valence-corrected chi connectivity index (χ2v) is 16.4. The van der Waals surface area contributed by atoms with Gasteiger partial charge in [0, 0.05) is 53.9 Å². The molecule has 2 aliphatic heterocycles. The molecule has 0 saturated carbocycles. The normalized spacial score (nSPS) is 19.7. The Labute approximate surface area is 290 Å². The molecule has 1 amide bonds. The number of hydrogen-bond donors (Lipinski definition) is 4. The zero-order valence-corrected chi connectivity index (χ0v) is 30.4. The van der Waals surface area contributed by atoms with Crippen molar-refractivity contribution < 1.29 is 35.3 Å². The van der Waals surface area contributed by atoms with E-state index in [0.29, 0.717) is 32.4 Å². The zero-order chi connectivity index (χ0) is 36.0. The van der Waals surface area contributed by atoms with Crippen LogP contribution in [0.4, 0.5) is 11.4 Å². The molecule has 2 heterocycles. The Morgan fingerprint density at radius 3 is 2.37 bits per heavy atom. The SMILES string of the molecule is CCC[N+]1=C(/C=C/C=C/C=C2\N(CCCS(=O)(=O)O)c3ccccc3C2(C)C)C(C)(CCCCCC(=O)NN)c2cc(S(=O)(=O)O)ccc21. The molecule has 0 aliphatic carbocycles. The molecule has 1 unspecified atom stereocenters. The number of fused-ring (bicyclic) bond motifs is 2. The van der Waals surface area contributed by atoms with Crippen LogP contribution in [0.5, 0.6) is 0 Å². The first kappa shape index (κ1) is 38.2. The number of allylic oxidation sites excluding steroid dienone is 6. The van der Waals surface area contributed by atoms with Crippen molar-refractivity contribution in [3.8, 4) is 0 Å². The molecule has 2 aromatic rings. The van der Waals surface area contributed by atoms with Crippen LogP contribution in [-0.4, -0.2) is 61.0 Å². The van der Waals surface area contributed by atoms with E-state index in [0.717, 1.165) is 53.2 Å². The molecular weight excluding hydrogens is 665 g/mol. The zero-order valence-electron chi connectivity index (χ0n) is 28.7. The first-order valence-corrected chi connectivity index (χ1v) is 19.7. The van der Waals surface area contributed by atoms with Gasteiger partial charge in [0.05, 0.1) is 16.1 Å². The van der Waals surface area contributed by atoms with Gasteiger partial charge >= 0.3 is 0 Å². The molecule has 0 fully saturated rings. The van der Waals surface area contributed by atoms with Gasteiger partial charge < -0.3 is 4.90 Å². The first-order chi connectivity index (χ1) is 23.0. The third kappa shape index (κ3) is 8.76. The van der Waals surface area contributed by atoms with Gasteiger partial charge in [-0.05, 0) is 56.0 Å². The molecule has 4 rings (SSSR count). The average molecular weight is 714 g/mol. The third-order valence-electron chi connectivity index (χ3n) is 9.51. The molecule has 0 spiro atoms. The number of carbonyl (C=O) groups excluding carboxylic acids is 1. The van der Waals surface area contributed by atoms with Crippen molar-refractivity contribution >= 4 is 43.2 Å². The van der Waals surface area contributed by atoms with E-state index in [1.54, 1.807) is 12.1 Å². The molecule has 5 N–H and O–H groups in total. The van der Waals surface area contributed by atoms with Crippen molar-refractivity contribution in [3.05, 3.63) is 89.7 Å². The van der Waals surface area contributed by atoms with E-state index in [4.69, 9.17) is 5.84 Å². The number of unbranched alkanes of at least 4 members (excludes halogenated alkanes) is 2. The molecule has 2 aliphatic rings. The lowest BCUT2D eigenvalue weighted by Crippen LogP contribution is -2.31. The predicted molar refractivity (Wildman–Crippen MR) is 193 cm³/mol. The lowest BCUT2D eigenvalue weighted by molar-refractivity contribution is -0.437. The highest BCUT2D eigenvalue weighted by atomic mass is 32.2. The molecular formula is C36H49N4O7S2+. The summed E-state index contributed by atoms with van der Waals surface area (Å²) >= 11 is 0. The smallest absolute Gasteiger partial charge is 0.294 e. The van der Waals surface area contributed by atoms with Crippen LogP contribution >= 0.6 is 0 Å². The Hall–Kier alpha value is -3.62. The fourth-order valence-electron chi connectivity index (χ4n) is 7.08. The van der Waals surface area contributed by atoms with Crippen molar-refractivity contribution in [2.45, 2.75) is 88.4 Å². The van der Waals surface area contributed by atoms with Crippen LogP contribution in [0, 0.1) is 0 Å². The van der Waals surface area contributed by atoms with Crippen molar-refractivity contribution in [2.24, 2.45) is 5.84 Å². The summed E-state index contributed by atoms with van der Waals surface area (Å²) in [5, 5.41) is 0. The summed E-state index contributed by atoms with van der Waals surface area (Å²) in [5.41, 5.74) is 7.14. The van der Waals surface area contributed by atoms with E-state index in [2.05, 4.69) is 54.7 Å². The highest BCUT2D eigenvalue weighted by Gasteiger charge is 2.47. The van der Waals surface area contributed by atoms with Crippen molar-refractivity contribution in [3.63, 3.8) is 0 Å². The molecule has 49 heavy (non-hydrogen) atoms. The number of nitrogens with two attached hydrogens (primary N) is 1. The second-order valence-electron chi connectivity index (χ2n) is 13.4. The maximum absolute atomic E-state index is 12.1. The van der Waals surface area contributed by atoms with Gasteiger partial charge in [-0.15, -0.1) is 0 Å². The molecule has 0 aromatic heterocycles. The Morgan fingerprint density at radius 1 is 0.959 bits per heavy atom. The number of nitrogens with one attached hydrogen (secondary N) is 1. The number of hydrazine groups is 1. The molecule has 2 aromatic carbocycles. The summed E-state index contributed by atoms with van der Waals surface area (Å²) in [6.45, 7) is 9.58. The molecule has 13 heteroatoms. The van der Waals surface area contributed by atoms with Gasteiger partial charge in [0.15, 0.2) is 5.71 Å². The molecule has 0 bridgehead atoms. The molecule has 1 atom stereocenters. The maximum Gasteiger partial charge on any atom is 0.294 e. The van der Waals surface area contributed by atoms with Crippen molar-refractivity contribution in [1.82, 2.24) is 5.43 Å². The predicted octanol–water partition coefficient (Wildman–Crippen LogP) is 5.71. The number of nitrogens with zero attached hydrogens (tertiary/aromatic N) is 2. The fourth-order valence-corrected chi connectivity index (χ4v) is 8.08. The molecule has 0 radical (unpaired) electrons. The summed E-state index contributed by atoms with van der Waals surface area (Å²) in [4.78, 5) is 13.6. The minimum atomic E-state index is -4.41. The Kier molecular flexibility index (Phi) is 12.1. The summed E-state index contributed by atoms with van der Waals surface area (Å²) in [6, 6.07) is 12.8. The standard InChI is InChI=1S/C36H48N4O7S2/c1-5-23-39-31-21-20-27(49(45,46)47)26-29(31)36(4,22-13-7-10-19-34(41)38-37)33(39)18-9-6-8-17-32-35(2,3)28-15-11-12-16-30(28)40(32)24-14-25-48(42,43)44/h6,8-9,11-12,15-18,20-21,26H,5,7,10,13-14,19,22-25,37H2,1-4H3,(H2-,38,41,42,43,44,45,46,47)/p+1. The van der Waals surface area contributed by atoms with E-state index in [-0.39, 0.29) is 28.4 Å². The molecule has 266 valence electrons. The lowest BCUT2D eigenvalue weighted by atomic mass is 9.75. The minimum Gasteiger partial charge on any atom is -0.344 e. The van der Waals surface area contributed by atoms with Gasteiger partial charge in [-0.1, -0.05) is 70.0 Å². The van der Waals surface area contributed by atoms with Crippen LogP contribution in [-0.2, 0) is 35.9 Å². The Bertz CT molecular complexity index is 1900. The van der Waals surface area contributed by atoms with Gasteiger partial charge in [0.1, 0.15) is 6.54 Å². The Morgan fingerprint density at radius 2 is 1.69 bits per heavy atom. The third-order valence-corrected chi connectivity index (χ3v) is 11.2. The van der Waals surface area contributed by atoms with E-state index in [9.17, 15) is 30.7 Å². The summed E-state index contributed by atoms with van der Waals surface area (Å²) < 4.78 is 68.5. The van der Waals surface area contributed by atoms with E-state index < -0.39 is 25.7 Å². The van der Waals surface area contributed by atoms with Crippen LogP contribution in [0.2, 0.25) is 0 Å². The number of hydrogen-bond acceptors (Lipinski definition) is 7. The number of carbonyl (C=O) groups is 1. The van der Waals surface area contributed by atoms with Gasteiger partial charge in [-0.25, -0.2) is 5.84 Å². The summed E-state index contributed by atoms with van der Waals surface area (Å²) in [6.07, 6.45) is 14.3. The molecule has 11 nitrogen and oxygen atoms in total. The van der Waals surface area contributed by atoms with Crippen LogP contribution in [0.25, 0.3) is 0 Å². The average Bonchev–Trinajstić information content (AvgIpc) is 3.39. The van der Waals surface area contributed by atoms with Gasteiger partial charge in [0.2, 0.25) is 11.6 Å².